The molecule has 1 aromatic carbocycles. The summed E-state index contributed by atoms with van der Waals surface area (Å²) in [5.41, 5.74) is 2.05. The van der Waals surface area contributed by atoms with Crippen molar-refractivity contribution in [2.75, 3.05) is 0 Å². The lowest BCUT2D eigenvalue weighted by atomic mass is 10.2. The molecule has 7 heteroatoms. The van der Waals surface area contributed by atoms with E-state index in [-0.39, 0.29) is 0 Å². The fourth-order valence-corrected chi connectivity index (χ4v) is 3.30. The number of rotatable bonds is 3. The number of aromatic nitrogens is 5. The molecular formula is C16H13N5OS. The molecule has 4 rings (SSSR count). The van der Waals surface area contributed by atoms with E-state index in [4.69, 9.17) is 4.74 Å². The number of nitrogens with zero attached hydrogens (tertiary/aromatic N) is 5. The van der Waals surface area contributed by atoms with Gasteiger partial charge in [0.2, 0.25) is 5.88 Å². The second kappa shape index (κ2) is 5.44. The number of benzene rings is 1. The number of hydrogen-bond donors (Lipinski definition) is 0. The fraction of sp³-hybridized carbons (Fsp3) is 0.125. The normalized spacial score (nSPS) is 11.0. The van der Waals surface area contributed by atoms with Gasteiger partial charge in [-0.2, -0.15) is 10.1 Å². The molecule has 0 bridgehead atoms. The Morgan fingerprint density at radius 3 is 2.65 bits per heavy atom. The molecule has 3 aromatic heterocycles. The van der Waals surface area contributed by atoms with Gasteiger partial charge in [-0.1, -0.05) is 0 Å². The van der Waals surface area contributed by atoms with Gasteiger partial charge < -0.3 is 4.74 Å². The second-order valence-electron chi connectivity index (χ2n) is 5.11. The number of ether oxygens (including phenoxy) is 1. The van der Waals surface area contributed by atoms with E-state index in [0.29, 0.717) is 11.7 Å². The minimum absolute atomic E-state index is 0.597. The molecule has 0 unspecified atom stereocenters. The van der Waals surface area contributed by atoms with Crippen LogP contribution in [0.5, 0.6) is 11.6 Å². The lowest BCUT2D eigenvalue weighted by molar-refractivity contribution is 0.466. The van der Waals surface area contributed by atoms with Crippen LogP contribution in [-0.2, 0) is 0 Å². The van der Waals surface area contributed by atoms with Crippen LogP contribution < -0.4 is 4.74 Å². The Morgan fingerprint density at radius 1 is 1.09 bits per heavy atom. The van der Waals surface area contributed by atoms with E-state index >= 15 is 0 Å². The van der Waals surface area contributed by atoms with Crippen molar-refractivity contribution in [3.8, 4) is 17.3 Å². The van der Waals surface area contributed by atoms with Gasteiger partial charge in [-0.3, -0.25) is 0 Å². The van der Waals surface area contributed by atoms with E-state index in [0.717, 1.165) is 27.2 Å². The van der Waals surface area contributed by atoms with Crippen LogP contribution in [0.15, 0.2) is 42.3 Å². The Bertz CT molecular complexity index is 960. The summed E-state index contributed by atoms with van der Waals surface area (Å²) < 4.78 is 7.69. The first-order valence-corrected chi connectivity index (χ1v) is 7.94. The van der Waals surface area contributed by atoms with Crippen LogP contribution in [0.3, 0.4) is 0 Å². The predicted molar refractivity (Wildman–Crippen MR) is 88.3 cm³/mol. The third kappa shape index (κ3) is 2.55. The highest BCUT2D eigenvalue weighted by Crippen LogP contribution is 2.33. The summed E-state index contributed by atoms with van der Waals surface area (Å²) >= 11 is 1.60. The minimum atomic E-state index is 0.597. The van der Waals surface area contributed by atoms with Gasteiger partial charge in [0.25, 0.3) is 0 Å². The van der Waals surface area contributed by atoms with Crippen molar-refractivity contribution in [2.24, 2.45) is 0 Å². The first-order valence-electron chi connectivity index (χ1n) is 7.06. The zero-order valence-electron chi connectivity index (χ0n) is 12.6. The van der Waals surface area contributed by atoms with Crippen LogP contribution >= 0.6 is 11.3 Å². The Morgan fingerprint density at radius 2 is 1.91 bits per heavy atom. The summed E-state index contributed by atoms with van der Waals surface area (Å²) in [6, 6.07) is 7.63. The summed E-state index contributed by atoms with van der Waals surface area (Å²) in [5, 5.41) is 7.14. The van der Waals surface area contributed by atoms with Crippen molar-refractivity contribution in [1.29, 1.82) is 0 Å². The largest absolute Gasteiger partial charge is 0.438 e. The molecule has 0 radical (unpaired) electrons. The van der Waals surface area contributed by atoms with E-state index in [1.165, 1.54) is 6.33 Å². The average molecular weight is 323 g/mol. The Hall–Kier alpha value is -2.80. The molecule has 6 nitrogen and oxygen atoms in total. The van der Waals surface area contributed by atoms with Crippen LogP contribution in [0.4, 0.5) is 0 Å². The molecule has 4 aromatic rings. The maximum absolute atomic E-state index is 5.99. The molecule has 23 heavy (non-hydrogen) atoms. The van der Waals surface area contributed by atoms with Crippen molar-refractivity contribution in [3.63, 3.8) is 0 Å². The maximum atomic E-state index is 5.99. The fourth-order valence-electron chi connectivity index (χ4n) is 2.34. The van der Waals surface area contributed by atoms with Crippen LogP contribution in [0.2, 0.25) is 0 Å². The number of fused-ring (bicyclic) bond motifs is 1. The van der Waals surface area contributed by atoms with Gasteiger partial charge in [-0.25, -0.2) is 14.6 Å². The van der Waals surface area contributed by atoms with Gasteiger partial charge in [-0.05, 0) is 49.1 Å². The summed E-state index contributed by atoms with van der Waals surface area (Å²) in [6.07, 6.45) is 3.16. The topological polar surface area (TPSA) is 65.7 Å². The predicted octanol–water partition coefficient (Wildman–Crippen LogP) is 3.68. The Labute approximate surface area is 136 Å². The highest BCUT2D eigenvalue weighted by atomic mass is 32.1. The van der Waals surface area contributed by atoms with Gasteiger partial charge in [0.05, 0.1) is 11.1 Å². The monoisotopic (exact) mass is 323 g/mol. The van der Waals surface area contributed by atoms with Crippen LogP contribution in [-0.4, -0.2) is 24.7 Å². The van der Waals surface area contributed by atoms with E-state index in [2.05, 4.69) is 25.4 Å². The Balaban J connectivity index is 1.69. The van der Waals surface area contributed by atoms with Crippen molar-refractivity contribution < 1.29 is 4.74 Å². The number of aryl methyl sites for hydroxylation is 2. The van der Waals surface area contributed by atoms with Crippen molar-refractivity contribution in [1.82, 2.24) is 24.7 Å². The average Bonchev–Trinajstić information content (AvgIpc) is 3.18. The molecule has 0 fully saturated rings. The molecule has 0 aliphatic carbocycles. The van der Waals surface area contributed by atoms with Crippen LogP contribution in [0.1, 0.15) is 11.4 Å². The van der Waals surface area contributed by atoms with Crippen molar-refractivity contribution in [3.05, 3.63) is 53.7 Å². The van der Waals surface area contributed by atoms with Gasteiger partial charge in [0.1, 0.15) is 29.1 Å². The third-order valence-electron chi connectivity index (χ3n) is 3.43. The van der Waals surface area contributed by atoms with Crippen molar-refractivity contribution >= 4 is 21.6 Å². The summed E-state index contributed by atoms with van der Waals surface area (Å²) in [5.74, 6) is 2.02. The zero-order chi connectivity index (χ0) is 15.8. The standard InChI is InChI=1S/C16H13N5OS/c1-10-7-23-16-14(10)15(19-11(2)20-16)22-13-5-3-12(4-6-13)21-9-17-8-18-21/h3-9H,1-2H3. The highest BCUT2D eigenvalue weighted by molar-refractivity contribution is 7.17. The SMILES string of the molecule is Cc1nc(Oc2ccc(-n3cncn3)cc2)c2c(C)csc2n1. The lowest BCUT2D eigenvalue weighted by Gasteiger charge is -2.08. The maximum Gasteiger partial charge on any atom is 0.231 e. The van der Waals surface area contributed by atoms with E-state index < -0.39 is 0 Å². The summed E-state index contributed by atoms with van der Waals surface area (Å²) in [4.78, 5) is 13.8. The molecule has 0 N–H and O–H groups in total. The molecule has 0 spiro atoms. The van der Waals surface area contributed by atoms with Gasteiger partial charge >= 0.3 is 0 Å². The Kier molecular flexibility index (Phi) is 3.27. The molecule has 0 aliphatic rings. The van der Waals surface area contributed by atoms with Crippen LogP contribution in [0.25, 0.3) is 15.9 Å². The van der Waals surface area contributed by atoms with E-state index in [1.807, 2.05) is 38.1 Å². The van der Waals surface area contributed by atoms with Gasteiger partial charge in [0, 0.05) is 0 Å². The van der Waals surface area contributed by atoms with E-state index in [9.17, 15) is 0 Å². The third-order valence-corrected chi connectivity index (χ3v) is 4.42. The molecule has 0 amide bonds. The molecule has 3 heterocycles. The quantitative estimate of drug-likeness (QED) is 0.575. The zero-order valence-corrected chi connectivity index (χ0v) is 13.4. The first-order chi connectivity index (χ1) is 11.2. The van der Waals surface area contributed by atoms with Gasteiger partial charge in [-0.15, -0.1) is 11.3 Å². The molecular weight excluding hydrogens is 310 g/mol. The number of hydrogen-bond acceptors (Lipinski definition) is 6. The lowest BCUT2D eigenvalue weighted by Crippen LogP contribution is -1.96. The highest BCUT2D eigenvalue weighted by Gasteiger charge is 2.12. The molecule has 0 aliphatic heterocycles. The number of thiophene rings is 1. The molecule has 114 valence electrons. The molecule has 0 saturated heterocycles. The molecule has 0 atom stereocenters. The van der Waals surface area contributed by atoms with Crippen molar-refractivity contribution in [2.45, 2.75) is 13.8 Å². The second-order valence-corrected chi connectivity index (χ2v) is 5.97. The minimum Gasteiger partial charge on any atom is -0.438 e. The smallest absolute Gasteiger partial charge is 0.231 e. The first kappa shape index (κ1) is 13.8. The van der Waals surface area contributed by atoms with E-state index in [1.54, 1.807) is 22.3 Å². The summed E-state index contributed by atoms with van der Waals surface area (Å²) in [6.45, 7) is 3.91. The van der Waals surface area contributed by atoms with Gasteiger partial charge in [0.15, 0.2) is 0 Å². The van der Waals surface area contributed by atoms with Crippen LogP contribution in [0, 0.1) is 13.8 Å². The summed E-state index contributed by atoms with van der Waals surface area (Å²) in [7, 11) is 0. The molecule has 0 saturated carbocycles.